The first-order chi connectivity index (χ1) is 17.7. The van der Waals surface area contributed by atoms with Crippen LogP contribution in [0.25, 0.3) is 0 Å². The molecule has 0 radical (unpaired) electrons. The first-order valence-corrected chi connectivity index (χ1v) is 13.2. The van der Waals surface area contributed by atoms with Crippen molar-refractivity contribution >= 4 is 46.6 Å². The maximum Gasteiger partial charge on any atom is 0.407 e. The number of amides is 3. The van der Waals surface area contributed by atoms with E-state index < -0.39 is 11.7 Å². The van der Waals surface area contributed by atoms with Crippen LogP contribution in [0.15, 0.2) is 48.5 Å². The Kier molecular flexibility index (Phi) is 11.3. The highest BCUT2D eigenvalue weighted by Gasteiger charge is 2.16. The SMILES string of the molecule is CC(C)(C)OC(=O)NCCCCCC(=O)Nc1ccc(NC(=S)NC(=O)c2ccc(C(C)(C)C)cc2)cc1. The van der Waals surface area contributed by atoms with E-state index in [0.717, 1.165) is 18.4 Å². The van der Waals surface area contributed by atoms with Crippen LogP contribution in [-0.2, 0) is 14.9 Å². The molecule has 0 aromatic heterocycles. The third-order valence-electron chi connectivity index (χ3n) is 5.42. The van der Waals surface area contributed by atoms with Crippen LogP contribution in [0.5, 0.6) is 0 Å². The number of alkyl carbamates (subject to hydrolysis) is 1. The van der Waals surface area contributed by atoms with Gasteiger partial charge in [0.25, 0.3) is 5.91 Å². The monoisotopic (exact) mass is 540 g/mol. The fourth-order valence-electron chi connectivity index (χ4n) is 3.41. The average Bonchev–Trinajstić information content (AvgIpc) is 2.81. The summed E-state index contributed by atoms with van der Waals surface area (Å²) in [5.41, 5.74) is 2.53. The Balaban J connectivity index is 1.68. The fourth-order valence-corrected chi connectivity index (χ4v) is 3.62. The summed E-state index contributed by atoms with van der Waals surface area (Å²) in [7, 11) is 0. The Bertz CT molecular complexity index is 1100. The number of anilines is 2. The van der Waals surface area contributed by atoms with E-state index in [1.165, 1.54) is 0 Å². The zero-order valence-electron chi connectivity index (χ0n) is 23.2. The molecule has 9 heteroatoms. The number of benzene rings is 2. The summed E-state index contributed by atoms with van der Waals surface area (Å²) in [5.74, 6) is -0.362. The first kappa shape index (κ1) is 30.8. The maximum atomic E-state index is 12.5. The summed E-state index contributed by atoms with van der Waals surface area (Å²) >= 11 is 5.27. The second kappa shape index (κ2) is 13.9. The molecule has 2 rings (SSSR count). The van der Waals surface area contributed by atoms with E-state index >= 15 is 0 Å². The van der Waals surface area contributed by atoms with Crippen molar-refractivity contribution in [1.29, 1.82) is 0 Å². The van der Waals surface area contributed by atoms with Crippen molar-refractivity contribution in [3.05, 3.63) is 59.7 Å². The predicted octanol–water partition coefficient (Wildman–Crippen LogP) is 6.13. The van der Waals surface area contributed by atoms with Crippen LogP contribution in [0, 0.1) is 0 Å². The minimum atomic E-state index is -0.516. The topological polar surface area (TPSA) is 109 Å². The lowest BCUT2D eigenvalue weighted by Crippen LogP contribution is -2.34. The van der Waals surface area contributed by atoms with Crippen molar-refractivity contribution < 1.29 is 19.1 Å². The lowest BCUT2D eigenvalue weighted by atomic mass is 9.87. The van der Waals surface area contributed by atoms with E-state index in [1.54, 1.807) is 36.4 Å². The van der Waals surface area contributed by atoms with Crippen molar-refractivity contribution in [1.82, 2.24) is 10.6 Å². The number of hydrogen-bond donors (Lipinski definition) is 4. The third kappa shape index (κ3) is 11.7. The van der Waals surface area contributed by atoms with Gasteiger partial charge < -0.3 is 20.7 Å². The molecule has 0 spiro atoms. The zero-order chi connectivity index (χ0) is 28.3. The Morgan fingerprint density at radius 3 is 1.92 bits per heavy atom. The molecule has 38 heavy (non-hydrogen) atoms. The number of unbranched alkanes of at least 4 members (excludes halogenated alkanes) is 2. The summed E-state index contributed by atoms with van der Waals surface area (Å²) in [4.78, 5) is 36.3. The number of nitrogens with one attached hydrogen (secondary N) is 4. The smallest absolute Gasteiger partial charge is 0.407 e. The van der Waals surface area contributed by atoms with Crippen LogP contribution >= 0.6 is 12.2 Å². The van der Waals surface area contributed by atoms with Crippen molar-refractivity contribution in [3.8, 4) is 0 Å². The summed E-state index contributed by atoms with van der Waals surface area (Å²) in [6.07, 6.45) is 2.26. The van der Waals surface area contributed by atoms with Crippen LogP contribution in [0.3, 0.4) is 0 Å². The molecule has 0 saturated carbocycles. The van der Waals surface area contributed by atoms with Gasteiger partial charge in [0, 0.05) is 29.9 Å². The molecule has 0 heterocycles. The lowest BCUT2D eigenvalue weighted by Gasteiger charge is -2.19. The minimum Gasteiger partial charge on any atom is -0.444 e. The molecule has 0 fully saturated rings. The number of rotatable bonds is 9. The van der Waals surface area contributed by atoms with E-state index in [0.29, 0.717) is 36.3 Å². The van der Waals surface area contributed by atoms with Gasteiger partial charge >= 0.3 is 6.09 Å². The number of carbonyl (C=O) groups is 3. The molecule has 8 nitrogen and oxygen atoms in total. The Morgan fingerprint density at radius 1 is 0.789 bits per heavy atom. The molecular formula is C29H40N4O4S. The molecule has 3 amide bonds. The van der Waals surface area contributed by atoms with E-state index in [1.807, 2.05) is 32.9 Å². The number of hydrogen-bond acceptors (Lipinski definition) is 5. The van der Waals surface area contributed by atoms with Gasteiger partial charge in [0.05, 0.1) is 0 Å². The molecular weight excluding hydrogens is 500 g/mol. The quantitative estimate of drug-likeness (QED) is 0.225. The second-order valence-electron chi connectivity index (χ2n) is 11.1. The summed E-state index contributed by atoms with van der Waals surface area (Å²) in [6, 6.07) is 14.5. The highest BCUT2D eigenvalue weighted by atomic mass is 32.1. The van der Waals surface area contributed by atoms with Gasteiger partial charge in [-0.25, -0.2) is 4.79 Å². The molecule has 0 aliphatic heterocycles. The third-order valence-corrected chi connectivity index (χ3v) is 5.62. The van der Waals surface area contributed by atoms with Crippen molar-refractivity contribution in [2.45, 2.75) is 78.2 Å². The Labute approximate surface area is 231 Å². The molecule has 0 aliphatic rings. The lowest BCUT2D eigenvalue weighted by molar-refractivity contribution is -0.116. The highest BCUT2D eigenvalue weighted by molar-refractivity contribution is 7.80. The van der Waals surface area contributed by atoms with E-state index in [4.69, 9.17) is 17.0 Å². The van der Waals surface area contributed by atoms with Gasteiger partial charge in [0.15, 0.2) is 5.11 Å². The molecule has 0 bridgehead atoms. The number of ether oxygens (including phenoxy) is 1. The summed E-state index contributed by atoms with van der Waals surface area (Å²) < 4.78 is 5.18. The van der Waals surface area contributed by atoms with Gasteiger partial charge in [-0.1, -0.05) is 39.3 Å². The van der Waals surface area contributed by atoms with Crippen molar-refractivity contribution in [3.63, 3.8) is 0 Å². The number of thiocarbonyl (C=S) groups is 1. The van der Waals surface area contributed by atoms with Crippen LogP contribution in [-0.4, -0.2) is 35.2 Å². The van der Waals surface area contributed by atoms with Gasteiger partial charge in [-0.3, -0.25) is 14.9 Å². The van der Waals surface area contributed by atoms with Gasteiger partial charge in [-0.2, -0.15) is 0 Å². The van der Waals surface area contributed by atoms with Crippen LogP contribution < -0.4 is 21.3 Å². The Morgan fingerprint density at radius 2 is 1.37 bits per heavy atom. The van der Waals surface area contributed by atoms with Crippen LogP contribution in [0.2, 0.25) is 0 Å². The largest absolute Gasteiger partial charge is 0.444 e. The average molecular weight is 541 g/mol. The normalized spacial score (nSPS) is 11.3. The molecule has 0 aliphatic carbocycles. The summed E-state index contributed by atoms with van der Waals surface area (Å²) in [5, 5.41) is 11.4. The van der Waals surface area contributed by atoms with E-state index in [2.05, 4.69) is 42.0 Å². The zero-order valence-corrected chi connectivity index (χ0v) is 24.0. The van der Waals surface area contributed by atoms with Crippen molar-refractivity contribution in [2.24, 2.45) is 0 Å². The van der Waals surface area contributed by atoms with Gasteiger partial charge in [0.1, 0.15) is 5.60 Å². The predicted molar refractivity (Wildman–Crippen MR) is 157 cm³/mol. The van der Waals surface area contributed by atoms with Crippen molar-refractivity contribution in [2.75, 3.05) is 17.2 Å². The maximum absolute atomic E-state index is 12.5. The van der Waals surface area contributed by atoms with Gasteiger partial charge in [0.2, 0.25) is 5.91 Å². The van der Waals surface area contributed by atoms with Gasteiger partial charge in [-0.15, -0.1) is 0 Å². The molecule has 4 N–H and O–H groups in total. The molecule has 2 aromatic carbocycles. The van der Waals surface area contributed by atoms with E-state index in [-0.39, 0.29) is 22.3 Å². The number of carbonyl (C=O) groups excluding carboxylic acids is 3. The first-order valence-electron chi connectivity index (χ1n) is 12.8. The molecule has 0 atom stereocenters. The van der Waals surface area contributed by atoms with Crippen LogP contribution in [0.1, 0.15) is 83.1 Å². The summed E-state index contributed by atoms with van der Waals surface area (Å²) in [6.45, 7) is 12.3. The standard InChI is InChI=1S/C29H40N4O4S/c1-28(2,3)21-13-11-20(12-14-21)25(35)33-26(38)32-23-17-15-22(16-18-23)31-24(34)10-8-7-9-19-30-27(36)37-29(4,5)6/h11-18H,7-10,19H2,1-6H3,(H,30,36)(H,31,34)(H2,32,33,35,38). The van der Waals surface area contributed by atoms with Gasteiger partial charge in [-0.05, 0) is 93.2 Å². The molecule has 2 aromatic rings. The molecule has 0 unspecified atom stereocenters. The fraction of sp³-hybridized carbons (Fsp3) is 0.448. The molecule has 0 saturated heterocycles. The minimum absolute atomic E-state index is 0.0136. The highest BCUT2D eigenvalue weighted by Crippen LogP contribution is 2.22. The molecule has 206 valence electrons. The Hall–Kier alpha value is -3.46. The van der Waals surface area contributed by atoms with Crippen LogP contribution in [0.4, 0.5) is 16.2 Å². The van der Waals surface area contributed by atoms with E-state index in [9.17, 15) is 14.4 Å². The second-order valence-corrected chi connectivity index (χ2v) is 11.5.